The van der Waals surface area contributed by atoms with Crippen LogP contribution in [-0.4, -0.2) is 22.6 Å². The first-order valence-electron chi connectivity index (χ1n) is 7.87. The molecule has 0 bridgehead atoms. The van der Waals surface area contributed by atoms with Gasteiger partial charge < -0.3 is 4.90 Å². The second kappa shape index (κ2) is 6.23. The summed E-state index contributed by atoms with van der Waals surface area (Å²) < 4.78 is 1.61. The second-order valence-electron chi connectivity index (χ2n) is 5.93. The van der Waals surface area contributed by atoms with Crippen LogP contribution in [0, 0.1) is 12.3 Å². The maximum absolute atomic E-state index is 12.4. The van der Waals surface area contributed by atoms with Crippen LogP contribution in [-0.2, 0) is 6.54 Å². The minimum Gasteiger partial charge on any atom is -0.370 e. The lowest BCUT2D eigenvalue weighted by Gasteiger charge is -2.33. The molecule has 0 unspecified atom stereocenters. The Labute approximate surface area is 130 Å². The zero-order valence-corrected chi connectivity index (χ0v) is 13.0. The number of rotatable bonds is 3. The van der Waals surface area contributed by atoms with E-state index in [0.717, 1.165) is 16.7 Å². The molecule has 2 heterocycles. The molecule has 1 fully saturated rings. The lowest BCUT2D eigenvalue weighted by molar-refractivity contribution is 0.428. The standard InChI is InChI=1S/C18H21N3O/c1-3-12-21-15-10-7-11-19-18(15)16(13-17(21)22)20(2)14-8-5-4-6-9-14/h1,7,10-11,13-14H,4-6,8-9,12H2,2H3. The average Bonchev–Trinajstić information content (AvgIpc) is 2.57. The van der Waals surface area contributed by atoms with Gasteiger partial charge in [-0.15, -0.1) is 6.42 Å². The van der Waals surface area contributed by atoms with Crippen LogP contribution in [0.3, 0.4) is 0 Å². The van der Waals surface area contributed by atoms with Gasteiger partial charge in [-0.3, -0.25) is 14.3 Å². The number of aromatic nitrogens is 2. The number of terminal acetylenes is 1. The predicted molar refractivity (Wildman–Crippen MR) is 90.1 cm³/mol. The van der Waals surface area contributed by atoms with E-state index in [1.54, 1.807) is 16.8 Å². The van der Waals surface area contributed by atoms with E-state index in [1.807, 2.05) is 12.1 Å². The smallest absolute Gasteiger partial charge is 0.254 e. The predicted octanol–water partition coefficient (Wildman–Crippen LogP) is 2.80. The third kappa shape index (κ3) is 2.59. The van der Waals surface area contributed by atoms with Crippen molar-refractivity contribution in [3.63, 3.8) is 0 Å². The molecule has 2 aromatic heterocycles. The van der Waals surface area contributed by atoms with Crippen molar-refractivity contribution in [1.82, 2.24) is 9.55 Å². The molecule has 0 N–H and O–H groups in total. The number of nitrogens with zero attached hydrogens (tertiary/aromatic N) is 3. The van der Waals surface area contributed by atoms with E-state index in [-0.39, 0.29) is 12.1 Å². The highest BCUT2D eigenvalue weighted by molar-refractivity contribution is 5.88. The summed E-state index contributed by atoms with van der Waals surface area (Å²) in [5, 5.41) is 0. The summed E-state index contributed by atoms with van der Waals surface area (Å²) in [6.07, 6.45) is 13.4. The van der Waals surface area contributed by atoms with E-state index >= 15 is 0 Å². The van der Waals surface area contributed by atoms with E-state index in [1.165, 1.54) is 32.1 Å². The topological polar surface area (TPSA) is 38.1 Å². The Balaban J connectivity index is 2.12. The van der Waals surface area contributed by atoms with E-state index in [2.05, 4.69) is 22.9 Å². The van der Waals surface area contributed by atoms with Crippen LogP contribution >= 0.6 is 0 Å². The van der Waals surface area contributed by atoms with Crippen molar-refractivity contribution >= 4 is 16.7 Å². The highest BCUT2D eigenvalue weighted by Crippen LogP contribution is 2.29. The van der Waals surface area contributed by atoms with Crippen LogP contribution < -0.4 is 10.5 Å². The maximum atomic E-state index is 12.4. The molecule has 22 heavy (non-hydrogen) atoms. The quantitative estimate of drug-likeness (QED) is 0.817. The molecule has 0 atom stereocenters. The number of fused-ring (bicyclic) bond motifs is 1. The van der Waals surface area contributed by atoms with E-state index < -0.39 is 0 Å². The van der Waals surface area contributed by atoms with Gasteiger partial charge in [-0.1, -0.05) is 25.2 Å². The van der Waals surface area contributed by atoms with Crippen LogP contribution in [0.2, 0.25) is 0 Å². The third-order valence-corrected chi connectivity index (χ3v) is 4.60. The van der Waals surface area contributed by atoms with E-state index in [0.29, 0.717) is 6.04 Å². The first-order valence-corrected chi connectivity index (χ1v) is 7.87. The van der Waals surface area contributed by atoms with Gasteiger partial charge in [0.05, 0.1) is 17.7 Å². The summed E-state index contributed by atoms with van der Waals surface area (Å²) in [6.45, 7) is 0.272. The minimum atomic E-state index is -0.0592. The average molecular weight is 295 g/mol. The van der Waals surface area contributed by atoms with Crippen LogP contribution in [0.5, 0.6) is 0 Å². The highest BCUT2D eigenvalue weighted by Gasteiger charge is 2.21. The Bertz CT molecular complexity index is 766. The first kappa shape index (κ1) is 14.6. The lowest BCUT2D eigenvalue weighted by atomic mass is 9.94. The molecule has 2 aromatic rings. The number of hydrogen-bond acceptors (Lipinski definition) is 3. The normalized spacial score (nSPS) is 15.6. The molecule has 114 valence electrons. The van der Waals surface area contributed by atoms with Crippen molar-refractivity contribution in [2.45, 2.75) is 44.7 Å². The maximum Gasteiger partial charge on any atom is 0.254 e. The highest BCUT2D eigenvalue weighted by atomic mass is 16.1. The van der Waals surface area contributed by atoms with Gasteiger partial charge in [-0.05, 0) is 25.0 Å². The summed E-state index contributed by atoms with van der Waals surface area (Å²) >= 11 is 0. The molecule has 0 saturated heterocycles. The largest absolute Gasteiger partial charge is 0.370 e. The van der Waals surface area contributed by atoms with E-state index in [4.69, 9.17) is 6.42 Å². The first-order chi connectivity index (χ1) is 10.7. The van der Waals surface area contributed by atoms with Crippen LogP contribution in [0.1, 0.15) is 32.1 Å². The monoisotopic (exact) mass is 295 g/mol. The van der Waals surface area contributed by atoms with Crippen molar-refractivity contribution in [3.8, 4) is 12.3 Å². The fourth-order valence-corrected chi connectivity index (χ4v) is 3.38. The Morgan fingerprint density at radius 3 is 2.91 bits per heavy atom. The molecule has 1 aliphatic rings. The van der Waals surface area contributed by atoms with Crippen molar-refractivity contribution in [2.75, 3.05) is 11.9 Å². The molecule has 1 aliphatic carbocycles. The molecule has 0 radical (unpaired) electrons. The summed E-state index contributed by atoms with van der Waals surface area (Å²) in [5.74, 6) is 2.55. The number of pyridine rings is 2. The van der Waals surface area contributed by atoms with Gasteiger partial charge in [0.2, 0.25) is 0 Å². The van der Waals surface area contributed by atoms with Gasteiger partial charge in [0, 0.05) is 25.4 Å². The Morgan fingerprint density at radius 1 is 1.41 bits per heavy atom. The van der Waals surface area contributed by atoms with Crippen molar-refractivity contribution in [2.24, 2.45) is 0 Å². The molecule has 4 nitrogen and oxygen atoms in total. The van der Waals surface area contributed by atoms with Crippen LogP contribution in [0.15, 0.2) is 29.2 Å². The summed E-state index contributed by atoms with van der Waals surface area (Å²) in [5.41, 5.74) is 2.52. The van der Waals surface area contributed by atoms with E-state index in [9.17, 15) is 4.79 Å². The zero-order valence-electron chi connectivity index (χ0n) is 13.0. The zero-order chi connectivity index (χ0) is 15.5. The van der Waals surface area contributed by atoms with Gasteiger partial charge >= 0.3 is 0 Å². The van der Waals surface area contributed by atoms with Crippen molar-refractivity contribution < 1.29 is 0 Å². The summed E-state index contributed by atoms with van der Waals surface area (Å²) in [6, 6.07) is 5.93. The molecule has 1 saturated carbocycles. The third-order valence-electron chi connectivity index (χ3n) is 4.60. The molecule has 0 aromatic carbocycles. The number of anilines is 1. The molecular formula is C18H21N3O. The van der Waals surface area contributed by atoms with Gasteiger partial charge in [-0.25, -0.2) is 0 Å². The Hall–Kier alpha value is -2.28. The Kier molecular flexibility index (Phi) is 4.15. The second-order valence-corrected chi connectivity index (χ2v) is 5.93. The Morgan fingerprint density at radius 2 is 2.18 bits per heavy atom. The minimum absolute atomic E-state index is 0.0592. The van der Waals surface area contributed by atoms with Gasteiger partial charge in [0.1, 0.15) is 5.52 Å². The van der Waals surface area contributed by atoms with Gasteiger partial charge in [0.15, 0.2) is 0 Å². The fourth-order valence-electron chi connectivity index (χ4n) is 3.38. The van der Waals surface area contributed by atoms with Crippen molar-refractivity contribution in [3.05, 3.63) is 34.7 Å². The van der Waals surface area contributed by atoms with Crippen LogP contribution in [0.4, 0.5) is 5.69 Å². The molecule has 0 aliphatic heterocycles. The van der Waals surface area contributed by atoms with Gasteiger partial charge in [-0.2, -0.15) is 0 Å². The number of hydrogen-bond donors (Lipinski definition) is 0. The molecular weight excluding hydrogens is 274 g/mol. The van der Waals surface area contributed by atoms with Crippen LogP contribution in [0.25, 0.3) is 11.0 Å². The molecule has 4 heteroatoms. The molecule has 3 rings (SSSR count). The van der Waals surface area contributed by atoms with Gasteiger partial charge in [0.25, 0.3) is 5.56 Å². The molecule has 0 amide bonds. The van der Waals surface area contributed by atoms with Crippen molar-refractivity contribution in [1.29, 1.82) is 0 Å². The summed E-state index contributed by atoms with van der Waals surface area (Å²) in [4.78, 5) is 19.2. The lowest BCUT2D eigenvalue weighted by Crippen LogP contribution is -2.35. The molecule has 0 spiro atoms. The summed E-state index contributed by atoms with van der Waals surface area (Å²) in [7, 11) is 2.07. The SMILES string of the molecule is C#CCn1c(=O)cc(N(C)C2CCCCC2)c2ncccc21. The fraction of sp³-hybridized carbons (Fsp3) is 0.444.